The van der Waals surface area contributed by atoms with E-state index in [1.165, 1.54) is 18.3 Å². The first-order chi connectivity index (χ1) is 11.6. The summed E-state index contributed by atoms with van der Waals surface area (Å²) in [7, 11) is 0. The van der Waals surface area contributed by atoms with Crippen molar-refractivity contribution in [1.82, 2.24) is 15.6 Å². The van der Waals surface area contributed by atoms with Gasteiger partial charge in [-0.25, -0.2) is 5.43 Å². The first kappa shape index (κ1) is 15.8. The predicted molar refractivity (Wildman–Crippen MR) is 92.2 cm³/mol. The van der Waals surface area contributed by atoms with E-state index in [0.717, 1.165) is 11.1 Å². The molecule has 0 fully saturated rings. The quantitative estimate of drug-likeness (QED) is 0.503. The molecular weight excluding hydrogens is 328 g/mol. The molecule has 3 aromatic rings. The molecule has 6 nitrogen and oxygen atoms in total. The van der Waals surface area contributed by atoms with Crippen LogP contribution in [-0.4, -0.2) is 27.4 Å². The van der Waals surface area contributed by atoms with Crippen LogP contribution in [0.4, 0.5) is 0 Å². The van der Waals surface area contributed by atoms with Crippen LogP contribution in [-0.2, 0) is 0 Å². The third-order valence-electron chi connectivity index (χ3n) is 3.24. The normalized spacial score (nSPS) is 10.9. The lowest BCUT2D eigenvalue weighted by molar-refractivity contribution is 0.0950. The van der Waals surface area contributed by atoms with Crippen LogP contribution in [0.15, 0.2) is 59.7 Å². The van der Waals surface area contributed by atoms with E-state index < -0.39 is 5.91 Å². The molecule has 2 aromatic carbocycles. The Morgan fingerprint density at radius 2 is 1.88 bits per heavy atom. The molecule has 3 rings (SSSR count). The number of aromatic hydroxyl groups is 1. The molecule has 0 saturated heterocycles. The molecule has 0 aliphatic heterocycles. The van der Waals surface area contributed by atoms with E-state index in [-0.39, 0.29) is 5.75 Å². The van der Waals surface area contributed by atoms with Crippen molar-refractivity contribution in [2.24, 2.45) is 5.10 Å². The summed E-state index contributed by atoms with van der Waals surface area (Å²) in [6.45, 7) is 0. The summed E-state index contributed by atoms with van der Waals surface area (Å²) in [6.07, 6.45) is 1.48. The summed E-state index contributed by atoms with van der Waals surface area (Å²) in [5.41, 5.74) is 4.94. The highest BCUT2D eigenvalue weighted by atomic mass is 35.5. The first-order valence-corrected chi connectivity index (χ1v) is 7.43. The van der Waals surface area contributed by atoms with Crippen molar-refractivity contribution >= 4 is 23.7 Å². The van der Waals surface area contributed by atoms with Crippen LogP contribution in [0, 0.1) is 0 Å². The molecule has 0 aliphatic rings. The number of H-pyrrole nitrogens is 1. The molecule has 0 saturated carbocycles. The van der Waals surface area contributed by atoms with Gasteiger partial charge in [-0.2, -0.15) is 10.2 Å². The summed E-state index contributed by atoms with van der Waals surface area (Å²) in [4.78, 5) is 12.0. The monoisotopic (exact) mass is 340 g/mol. The molecule has 0 aliphatic carbocycles. The van der Waals surface area contributed by atoms with E-state index >= 15 is 0 Å². The number of benzene rings is 2. The number of phenols is 1. The summed E-state index contributed by atoms with van der Waals surface area (Å²) < 4.78 is 0. The van der Waals surface area contributed by atoms with E-state index in [1.54, 1.807) is 30.3 Å². The van der Waals surface area contributed by atoms with E-state index in [1.807, 2.05) is 12.1 Å². The number of halogens is 1. The summed E-state index contributed by atoms with van der Waals surface area (Å²) in [6, 6.07) is 15.2. The maximum Gasteiger partial charge on any atom is 0.289 e. The Balaban J connectivity index is 1.65. The number of amides is 1. The zero-order valence-electron chi connectivity index (χ0n) is 12.4. The van der Waals surface area contributed by atoms with Crippen molar-refractivity contribution in [2.75, 3.05) is 0 Å². The zero-order valence-corrected chi connectivity index (χ0v) is 13.2. The molecule has 24 heavy (non-hydrogen) atoms. The molecule has 1 amide bonds. The third-order valence-corrected chi connectivity index (χ3v) is 3.49. The van der Waals surface area contributed by atoms with Crippen molar-refractivity contribution in [1.29, 1.82) is 0 Å². The van der Waals surface area contributed by atoms with Gasteiger partial charge in [0.25, 0.3) is 5.91 Å². The van der Waals surface area contributed by atoms with Gasteiger partial charge in [0.1, 0.15) is 11.4 Å². The van der Waals surface area contributed by atoms with Crippen molar-refractivity contribution in [3.05, 3.63) is 70.9 Å². The fourth-order valence-corrected chi connectivity index (χ4v) is 2.12. The molecule has 1 aromatic heterocycles. The molecule has 3 N–H and O–H groups in total. The highest BCUT2D eigenvalue weighted by molar-refractivity contribution is 6.30. The maximum atomic E-state index is 12.0. The Bertz CT molecular complexity index is 870. The number of aromatic amines is 1. The van der Waals surface area contributed by atoms with Gasteiger partial charge in [-0.05, 0) is 48.0 Å². The Kier molecular flexibility index (Phi) is 4.58. The second kappa shape index (κ2) is 6.97. The fourth-order valence-electron chi connectivity index (χ4n) is 1.99. The lowest BCUT2D eigenvalue weighted by Crippen LogP contribution is -2.17. The Morgan fingerprint density at radius 3 is 2.58 bits per heavy atom. The summed E-state index contributed by atoms with van der Waals surface area (Å²) >= 11 is 5.85. The second-order valence-corrected chi connectivity index (χ2v) is 5.40. The third kappa shape index (κ3) is 3.80. The standard InChI is InChI=1S/C17H13ClN4O2/c18-13-5-3-12(4-6-13)15-9-16(21-20-15)17(24)22-19-10-11-1-7-14(23)8-2-11/h1-10,23H,(H,20,21)(H,22,24)/b19-10-. The summed E-state index contributed by atoms with van der Waals surface area (Å²) in [5.74, 6) is -0.235. The number of rotatable bonds is 4. The number of carbonyl (C=O) groups is 1. The van der Waals surface area contributed by atoms with Gasteiger partial charge in [0, 0.05) is 10.6 Å². The van der Waals surface area contributed by atoms with Crippen LogP contribution >= 0.6 is 11.6 Å². The Hall–Kier alpha value is -3.12. The van der Waals surface area contributed by atoms with Crippen LogP contribution < -0.4 is 5.43 Å². The number of nitrogens with zero attached hydrogens (tertiary/aromatic N) is 2. The smallest absolute Gasteiger partial charge is 0.289 e. The number of phenolic OH excluding ortho intramolecular Hbond substituents is 1. The minimum atomic E-state index is -0.405. The lowest BCUT2D eigenvalue weighted by Gasteiger charge is -1.96. The van der Waals surface area contributed by atoms with E-state index in [0.29, 0.717) is 16.4 Å². The molecule has 0 radical (unpaired) electrons. The lowest BCUT2D eigenvalue weighted by atomic mass is 10.1. The molecule has 0 spiro atoms. The number of aromatic nitrogens is 2. The van der Waals surface area contributed by atoms with Gasteiger partial charge in [0.15, 0.2) is 0 Å². The van der Waals surface area contributed by atoms with Gasteiger partial charge in [0.2, 0.25) is 0 Å². The average molecular weight is 341 g/mol. The Labute approximate surface area is 142 Å². The van der Waals surface area contributed by atoms with Crippen molar-refractivity contribution in [2.45, 2.75) is 0 Å². The number of hydrogen-bond donors (Lipinski definition) is 3. The van der Waals surface area contributed by atoms with Crippen LogP contribution in [0.25, 0.3) is 11.3 Å². The molecule has 120 valence electrons. The topological polar surface area (TPSA) is 90.4 Å². The average Bonchev–Trinajstić information content (AvgIpc) is 3.07. The van der Waals surface area contributed by atoms with Gasteiger partial charge >= 0.3 is 0 Å². The van der Waals surface area contributed by atoms with E-state index in [9.17, 15) is 9.90 Å². The maximum absolute atomic E-state index is 12.0. The van der Waals surface area contributed by atoms with Crippen LogP contribution in [0.5, 0.6) is 5.75 Å². The minimum Gasteiger partial charge on any atom is -0.508 e. The largest absolute Gasteiger partial charge is 0.508 e. The van der Waals surface area contributed by atoms with Gasteiger partial charge < -0.3 is 5.11 Å². The number of hydrogen-bond acceptors (Lipinski definition) is 4. The van der Waals surface area contributed by atoms with Gasteiger partial charge in [0.05, 0.1) is 11.9 Å². The van der Waals surface area contributed by atoms with Crippen LogP contribution in [0.1, 0.15) is 16.1 Å². The predicted octanol–water partition coefficient (Wildman–Crippen LogP) is 3.20. The number of hydrazone groups is 1. The highest BCUT2D eigenvalue weighted by Gasteiger charge is 2.10. The van der Waals surface area contributed by atoms with E-state index in [4.69, 9.17) is 11.6 Å². The zero-order chi connectivity index (χ0) is 16.9. The number of carbonyl (C=O) groups excluding carboxylic acids is 1. The van der Waals surface area contributed by atoms with Crippen LogP contribution in [0.3, 0.4) is 0 Å². The molecule has 0 bridgehead atoms. The Morgan fingerprint density at radius 1 is 1.17 bits per heavy atom. The molecular formula is C17H13ClN4O2. The molecule has 0 unspecified atom stereocenters. The highest BCUT2D eigenvalue weighted by Crippen LogP contribution is 2.20. The van der Waals surface area contributed by atoms with Gasteiger partial charge in [-0.15, -0.1) is 0 Å². The second-order valence-electron chi connectivity index (χ2n) is 4.96. The molecule has 7 heteroatoms. The van der Waals surface area contributed by atoms with Crippen molar-refractivity contribution < 1.29 is 9.90 Å². The van der Waals surface area contributed by atoms with Gasteiger partial charge in [-0.3, -0.25) is 9.89 Å². The SMILES string of the molecule is O=C(N/N=C\c1ccc(O)cc1)c1cc(-c2ccc(Cl)cc2)n[nH]1. The molecule has 1 heterocycles. The van der Waals surface area contributed by atoms with Gasteiger partial charge in [-0.1, -0.05) is 23.7 Å². The minimum absolute atomic E-state index is 0.170. The van der Waals surface area contributed by atoms with Crippen molar-refractivity contribution in [3.8, 4) is 17.0 Å². The van der Waals surface area contributed by atoms with Crippen LogP contribution in [0.2, 0.25) is 5.02 Å². The fraction of sp³-hybridized carbons (Fsp3) is 0. The summed E-state index contributed by atoms with van der Waals surface area (Å²) in [5, 5.41) is 20.5. The van der Waals surface area contributed by atoms with Crippen molar-refractivity contribution in [3.63, 3.8) is 0 Å². The van der Waals surface area contributed by atoms with E-state index in [2.05, 4.69) is 20.7 Å². The molecule has 0 atom stereocenters. The first-order valence-electron chi connectivity index (χ1n) is 7.05. The number of nitrogens with one attached hydrogen (secondary N) is 2.